The summed E-state index contributed by atoms with van der Waals surface area (Å²) in [7, 11) is 0. The molecular weight excluding hydrogens is 352 g/mol. The van der Waals surface area contributed by atoms with Gasteiger partial charge in [0.2, 0.25) is 0 Å². The summed E-state index contributed by atoms with van der Waals surface area (Å²) in [6, 6.07) is 16.3. The second-order valence-corrected chi connectivity index (χ2v) is 7.02. The zero-order chi connectivity index (χ0) is 18.8. The molecule has 0 aliphatic carbocycles. The molecule has 1 fully saturated rings. The number of likely N-dealkylation sites (tertiary alicyclic amines) is 1. The van der Waals surface area contributed by atoms with E-state index in [9.17, 15) is 0 Å². The summed E-state index contributed by atoms with van der Waals surface area (Å²) in [6.45, 7) is 2.91. The molecule has 4 heterocycles. The average molecular weight is 374 g/mol. The van der Waals surface area contributed by atoms with Crippen LogP contribution < -0.4 is 5.32 Å². The summed E-state index contributed by atoms with van der Waals surface area (Å²) in [5.41, 5.74) is 1.93. The van der Waals surface area contributed by atoms with Gasteiger partial charge >= 0.3 is 0 Å². The minimum atomic E-state index is 0.185. The van der Waals surface area contributed by atoms with Crippen LogP contribution in [-0.2, 0) is 0 Å². The molecule has 142 valence electrons. The first-order valence-electron chi connectivity index (χ1n) is 9.66. The van der Waals surface area contributed by atoms with E-state index in [2.05, 4.69) is 43.5 Å². The number of fused-ring (bicyclic) bond motifs is 1. The fraction of sp³-hybridized carbons (Fsp3) is 0.286. The molecule has 7 nitrogen and oxygen atoms in total. The van der Waals surface area contributed by atoms with Crippen LogP contribution in [0.15, 0.2) is 65.5 Å². The van der Waals surface area contributed by atoms with Gasteiger partial charge in [-0.05, 0) is 38.1 Å². The lowest BCUT2D eigenvalue weighted by Crippen LogP contribution is -2.31. The molecule has 5 rings (SSSR count). The van der Waals surface area contributed by atoms with E-state index >= 15 is 0 Å². The highest BCUT2D eigenvalue weighted by Gasteiger charge is 2.25. The largest absolute Gasteiger partial charge is 0.468 e. The van der Waals surface area contributed by atoms with Gasteiger partial charge in [-0.2, -0.15) is 14.6 Å². The molecule has 1 aromatic carbocycles. The first-order valence-corrected chi connectivity index (χ1v) is 9.66. The van der Waals surface area contributed by atoms with E-state index in [0.29, 0.717) is 5.78 Å². The number of furan rings is 1. The Balaban J connectivity index is 1.46. The Hall–Kier alpha value is -3.19. The van der Waals surface area contributed by atoms with Crippen molar-refractivity contribution in [3.63, 3.8) is 0 Å². The first-order chi connectivity index (χ1) is 13.9. The summed E-state index contributed by atoms with van der Waals surface area (Å²) in [4.78, 5) is 11.4. The van der Waals surface area contributed by atoms with E-state index in [1.807, 2.05) is 30.3 Å². The van der Waals surface area contributed by atoms with Crippen LogP contribution in [0, 0.1) is 0 Å². The summed E-state index contributed by atoms with van der Waals surface area (Å²) < 4.78 is 7.48. The quantitative estimate of drug-likeness (QED) is 0.556. The maximum Gasteiger partial charge on any atom is 0.254 e. The van der Waals surface area contributed by atoms with Crippen LogP contribution in [0.3, 0.4) is 0 Å². The van der Waals surface area contributed by atoms with Crippen molar-refractivity contribution in [2.24, 2.45) is 0 Å². The number of hydrogen-bond donors (Lipinski definition) is 1. The minimum Gasteiger partial charge on any atom is -0.468 e. The molecule has 1 unspecified atom stereocenters. The molecular formula is C21H22N6O. The third-order valence-electron chi connectivity index (χ3n) is 5.25. The predicted molar refractivity (Wildman–Crippen MR) is 107 cm³/mol. The number of aromatic nitrogens is 4. The lowest BCUT2D eigenvalue weighted by molar-refractivity contribution is 0.225. The Labute approximate surface area is 163 Å². The molecule has 28 heavy (non-hydrogen) atoms. The fourth-order valence-corrected chi connectivity index (χ4v) is 3.84. The zero-order valence-electron chi connectivity index (χ0n) is 15.5. The van der Waals surface area contributed by atoms with Crippen LogP contribution in [0.2, 0.25) is 0 Å². The van der Waals surface area contributed by atoms with Crippen LogP contribution >= 0.6 is 0 Å². The van der Waals surface area contributed by atoms with Gasteiger partial charge in [0, 0.05) is 18.2 Å². The molecule has 0 spiro atoms. The van der Waals surface area contributed by atoms with Gasteiger partial charge in [-0.15, -0.1) is 0 Å². The SMILES string of the molecule is c1ccc(-c2cc(NCC(c3ccco3)N3CCCC3)n3ncnc3n2)cc1. The maximum atomic E-state index is 5.73. The Bertz CT molecular complexity index is 1040. The fourth-order valence-electron chi connectivity index (χ4n) is 3.84. The normalized spacial score (nSPS) is 15.9. The Morgan fingerprint density at radius 3 is 2.71 bits per heavy atom. The van der Waals surface area contributed by atoms with E-state index in [0.717, 1.165) is 42.5 Å². The lowest BCUT2D eigenvalue weighted by Gasteiger charge is -2.26. The molecule has 0 bridgehead atoms. The van der Waals surface area contributed by atoms with Crippen molar-refractivity contribution in [1.82, 2.24) is 24.5 Å². The molecule has 1 aliphatic rings. The molecule has 1 saturated heterocycles. The molecule has 7 heteroatoms. The smallest absolute Gasteiger partial charge is 0.254 e. The molecule has 3 aromatic heterocycles. The van der Waals surface area contributed by atoms with Crippen LogP contribution in [0.5, 0.6) is 0 Å². The van der Waals surface area contributed by atoms with Crippen molar-refractivity contribution in [1.29, 1.82) is 0 Å². The van der Waals surface area contributed by atoms with Crippen molar-refractivity contribution in [2.45, 2.75) is 18.9 Å². The highest BCUT2D eigenvalue weighted by Crippen LogP contribution is 2.27. The third-order valence-corrected chi connectivity index (χ3v) is 5.25. The van der Waals surface area contributed by atoms with Gasteiger partial charge in [0.1, 0.15) is 17.9 Å². The average Bonchev–Trinajstić information content (AvgIpc) is 3.51. The highest BCUT2D eigenvalue weighted by atomic mass is 16.3. The Kier molecular flexibility index (Phi) is 4.50. The summed E-state index contributed by atoms with van der Waals surface area (Å²) in [5, 5.41) is 7.90. The monoisotopic (exact) mass is 374 g/mol. The Morgan fingerprint density at radius 2 is 1.93 bits per heavy atom. The van der Waals surface area contributed by atoms with Crippen molar-refractivity contribution >= 4 is 11.6 Å². The van der Waals surface area contributed by atoms with E-state index in [1.54, 1.807) is 10.8 Å². The molecule has 1 N–H and O–H groups in total. The van der Waals surface area contributed by atoms with E-state index in [-0.39, 0.29) is 6.04 Å². The molecule has 4 aromatic rings. The number of nitrogens with zero attached hydrogens (tertiary/aromatic N) is 5. The second kappa shape index (κ2) is 7.44. The van der Waals surface area contributed by atoms with Crippen molar-refractivity contribution in [3.8, 4) is 11.3 Å². The van der Waals surface area contributed by atoms with Crippen LogP contribution in [0.1, 0.15) is 24.6 Å². The van der Waals surface area contributed by atoms with Gasteiger partial charge in [-0.25, -0.2) is 4.98 Å². The molecule has 0 saturated carbocycles. The van der Waals surface area contributed by atoms with Gasteiger partial charge in [0.15, 0.2) is 0 Å². The molecule has 0 amide bonds. The van der Waals surface area contributed by atoms with Crippen molar-refractivity contribution < 1.29 is 4.42 Å². The maximum absolute atomic E-state index is 5.73. The lowest BCUT2D eigenvalue weighted by atomic mass is 10.1. The van der Waals surface area contributed by atoms with E-state index in [4.69, 9.17) is 4.42 Å². The standard InChI is InChI=1S/C21H22N6O/c1-2-7-16(8-3-1)17-13-20(27-21(25-17)23-15-24-27)22-14-18(19-9-6-12-28-19)26-10-4-5-11-26/h1-3,6-9,12-13,15,18,22H,4-5,10-11,14H2. The van der Waals surface area contributed by atoms with E-state index < -0.39 is 0 Å². The Morgan fingerprint density at radius 1 is 1.07 bits per heavy atom. The third kappa shape index (κ3) is 3.25. The molecule has 1 atom stereocenters. The van der Waals surface area contributed by atoms with Crippen molar-refractivity contribution in [3.05, 3.63) is 66.9 Å². The van der Waals surface area contributed by atoms with Crippen LogP contribution in [-0.4, -0.2) is 44.1 Å². The number of benzene rings is 1. The number of rotatable bonds is 6. The van der Waals surface area contributed by atoms with Crippen molar-refractivity contribution in [2.75, 3.05) is 25.0 Å². The number of anilines is 1. The molecule has 0 radical (unpaired) electrons. The molecule has 1 aliphatic heterocycles. The van der Waals surface area contributed by atoms with Crippen LogP contribution in [0.4, 0.5) is 5.82 Å². The summed E-state index contributed by atoms with van der Waals surface area (Å²) >= 11 is 0. The van der Waals surface area contributed by atoms with Gasteiger partial charge in [-0.3, -0.25) is 4.90 Å². The second-order valence-electron chi connectivity index (χ2n) is 7.02. The van der Waals surface area contributed by atoms with Gasteiger partial charge < -0.3 is 9.73 Å². The topological polar surface area (TPSA) is 71.5 Å². The predicted octanol–water partition coefficient (Wildman–Crippen LogP) is 3.63. The van der Waals surface area contributed by atoms with E-state index in [1.165, 1.54) is 19.2 Å². The van der Waals surface area contributed by atoms with Gasteiger partial charge in [0.25, 0.3) is 5.78 Å². The van der Waals surface area contributed by atoms with Gasteiger partial charge in [-0.1, -0.05) is 30.3 Å². The van der Waals surface area contributed by atoms with Crippen LogP contribution in [0.25, 0.3) is 17.0 Å². The highest BCUT2D eigenvalue weighted by molar-refractivity contribution is 5.65. The minimum absolute atomic E-state index is 0.185. The van der Waals surface area contributed by atoms with Gasteiger partial charge in [0.05, 0.1) is 18.0 Å². The zero-order valence-corrected chi connectivity index (χ0v) is 15.5. The summed E-state index contributed by atoms with van der Waals surface area (Å²) in [5.74, 6) is 2.44. The summed E-state index contributed by atoms with van der Waals surface area (Å²) in [6.07, 6.45) is 5.75. The number of hydrogen-bond acceptors (Lipinski definition) is 6. The number of nitrogens with one attached hydrogen (secondary N) is 1. The first kappa shape index (κ1) is 16.9.